The fourth-order valence-electron chi connectivity index (χ4n) is 1.76. The maximum Gasteiger partial charge on any atom is 0.332 e. The van der Waals surface area contributed by atoms with E-state index in [0.717, 1.165) is 0 Å². The van der Waals surface area contributed by atoms with E-state index in [9.17, 15) is 14.4 Å². The Labute approximate surface area is 145 Å². The Morgan fingerprint density at radius 3 is 2.32 bits per heavy atom. The maximum absolute atomic E-state index is 11.8. The highest BCUT2D eigenvalue weighted by Gasteiger charge is 2.12. The van der Waals surface area contributed by atoms with Crippen LogP contribution in [-0.4, -0.2) is 51.4 Å². The van der Waals surface area contributed by atoms with Crippen LogP contribution in [0.5, 0.6) is 11.5 Å². The summed E-state index contributed by atoms with van der Waals surface area (Å²) in [5, 5.41) is 4.52. The van der Waals surface area contributed by atoms with Gasteiger partial charge in [-0.2, -0.15) is 0 Å². The third kappa shape index (κ3) is 7.53. The minimum absolute atomic E-state index is 0.272. The Hall–Kier alpha value is -2.81. The number of benzene rings is 1. The summed E-state index contributed by atoms with van der Waals surface area (Å²) in [6.07, 6.45) is 0. The number of ether oxygens (including phenoxy) is 4. The van der Waals surface area contributed by atoms with Crippen molar-refractivity contribution < 1.29 is 33.3 Å². The van der Waals surface area contributed by atoms with Crippen LogP contribution in [0.3, 0.4) is 0 Å². The molecule has 0 aliphatic rings. The van der Waals surface area contributed by atoms with Gasteiger partial charge in [0.15, 0.2) is 18.1 Å². The van der Waals surface area contributed by atoms with Gasteiger partial charge < -0.3 is 24.3 Å². The number of esters is 1. The minimum Gasteiger partial charge on any atom is -0.490 e. The smallest absolute Gasteiger partial charge is 0.332 e. The molecule has 0 spiro atoms. The van der Waals surface area contributed by atoms with E-state index in [1.54, 1.807) is 18.2 Å². The van der Waals surface area contributed by atoms with Crippen molar-refractivity contribution in [3.8, 4) is 11.5 Å². The van der Waals surface area contributed by atoms with E-state index >= 15 is 0 Å². The molecule has 0 atom stereocenters. The van der Waals surface area contributed by atoms with Crippen molar-refractivity contribution >= 4 is 23.6 Å². The zero-order chi connectivity index (χ0) is 18.7. The summed E-state index contributed by atoms with van der Waals surface area (Å²) in [4.78, 5) is 34.4. The van der Waals surface area contributed by atoms with Gasteiger partial charge in [0, 0.05) is 18.9 Å². The van der Waals surface area contributed by atoms with E-state index in [4.69, 9.17) is 9.47 Å². The highest BCUT2D eigenvalue weighted by molar-refractivity contribution is 6.02. The van der Waals surface area contributed by atoms with Gasteiger partial charge in [0.05, 0.1) is 13.2 Å². The second-order valence-electron chi connectivity index (χ2n) is 4.62. The number of imide groups is 1. The lowest BCUT2D eigenvalue weighted by Crippen LogP contribution is -2.37. The molecule has 3 amide bonds. The van der Waals surface area contributed by atoms with Crippen molar-refractivity contribution in [1.29, 1.82) is 0 Å². The Balaban J connectivity index is 2.57. The number of amides is 3. The first-order chi connectivity index (χ1) is 12.0. The van der Waals surface area contributed by atoms with E-state index < -0.39 is 24.5 Å². The van der Waals surface area contributed by atoms with Crippen LogP contribution in [-0.2, 0) is 19.1 Å². The minimum atomic E-state index is -0.766. The standard InChI is InChI=1S/C16H22N2O7/c1-4-23-12-7-6-11(8-13(12)24-5-2)17-16(21)18-14(19)9-25-15(20)10-22-3/h6-8H,4-5,9-10H2,1-3H3,(H2,17,18,19,21). The SMILES string of the molecule is CCOc1ccc(NC(=O)NC(=O)COC(=O)COC)cc1OCC. The molecular formula is C16H22N2O7. The van der Waals surface area contributed by atoms with Gasteiger partial charge in [-0.1, -0.05) is 0 Å². The number of nitrogens with one attached hydrogen (secondary N) is 2. The molecular weight excluding hydrogens is 332 g/mol. The molecule has 0 heterocycles. The van der Waals surface area contributed by atoms with Gasteiger partial charge >= 0.3 is 12.0 Å². The summed E-state index contributed by atoms with van der Waals surface area (Å²) >= 11 is 0. The lowest BCUT2D eigenvalue weighted by molar-refractivity contribution is -0.151. The van der Waals surface area contributed by atoms with Crippen LogP contribution >= 0.6 is 0 Å². The average molecular weight is 354 g/mol. The molecule has 1 rings (SSSR count). The van der Waals surface area contributed by atoms with Crippen LogP contribution in [0.4, 0.5) is 10.5 Å². The van der Waals surface area contributed by atoms with E-state index in [-0.39, 0.29) is 6.61 Å². The predicted molar refractivity (Wildman–Crippen MR) is 88.8 cm³/mol. The molecule has 138 valence electrons. The van der Waals surface area contributed by atoms with Gasteiger partial charge in [-0.25, -0.2) is 9.59 Å². The third-order valence-electron chi connectivity index (χ3n) is 2.68. The van der Waals surface area contributed by atoms with Crippen LogP contribution < -0.4 is 20.1 Å². The fourth-order valence-corrected chi connectivity index (χ4v) is 1.76. The van der Waals surface area contributed by atoms with Gasteiger partial charge in [-0.15, -0.1) is 0 Å². The predicted octanol–water partition coefficient (Wildman–Crippen LogP) is 1.32. The van der Waals surface area contributed by atoms with Gasteiger partial charge in [-0.3, -0.25) is 10.1 Å². The molecule has 1 aromatic rings. The first-order valence-electron chi connectivity index (χ1n) is 7.65. The quantitative estimate of drug-likeness (QED) is 0.643. The first kappa shape index (κ1) is 20.2. The molecule has 0 bridgehead atoms. The summed E-state index contributed by atoms with van der Waals surface area (Å²) in [7, 11) is 1.32. The zero-order valence-electron chi connectivity index (χ0n) is 14.4. The number of hydrogen-bond donors (Lipinski definition) is 2. The Morgan fingerprint density at radius 2 is 1.68 bits per heavy atom. The third-order valence-corrected chi connectivity index (χ3v) is 2.68. The Kier molecular flexibility index (Phi) is 8.80. The van der Waals surface area contributed by atoms with Crippen LogP contribution in [0.2, 0.25) is 0 Å². The molecule has 1 aromatic carbocycles. The summed E-state index contributed by atoms with van der Waals surface area (Å²) < 4.78 is 20.0. The van der Waals surface area contributed by atoms with E-state index in [0.29, 0.717) is 30.4 Å². The van der Waals surface area contributed by atoms with Crippen molar-refractivity contribution in [2.75, 3.05) is 38.9 Å². The molecule has 25 heavy (non-hydrogen) atoms. The molecule has 0 radical (unpaired) electrons. The molecule has 0 fully saturated rings. The lowest BCUT2D eigenvalue weighted by Gasteiger charge is -2.13. The van der Waals surface area contributed by atoms with Crippen molar-refractivity contribution in [2.24, 2.45) is 0 Å². The number of rotatable bonds is 9. The van der Waals surface area contributed by atoms with Crippen molar-refractivity contribution in [1.82, 2.24) is 5.32 Å². The highest BCUT2D eigenvalue weighted by Crippen LogP contribution is 2.30. The topological polar surface area (TPSA) is 112 Å². The van der Waals surface area contributed by atoms with Crippen molar-refractivity contribution in [3.05, 3.63) is 18.2 Å². The fraction of sp³-hybridized carbons (Fsp3) is 0.438. The van der Waals surface area contributed by atoms with Crippen LogP contribution in [0.15, 0.2) is 18.2 Å². The van der Waals surface area contributed by atoms with E-state index in [2.05, 4.69) is 14.8 Å². The number of anilines is 1. The molecule has 0 saturated carbocycles. The second kappa shape index (κ2) is 10.9. The lowest BCUT2D eigenvalue weighted by atomic mass is 10.2. The maximum atomic E-state index is 11.8. The van der Waals surface area contributed by atoms with E-state index in [1.807, 2.05) is 19.2 Å². The van der Waals surface area contributed by atoms with Gasteiger partial charge in [0.25, 0.3) is 5.91 Å². The number of hydrogen-bond acceptors (Lipinski definition) is 7. The van der Waals surface area contributed by atoms with E-state index in [1.165, 1.54) is 7.11 Å². The Morgan fingerprint density at radius 1 is 1.00 bits per heavy atom. The molecule has 0 aliphatic carbocycles. The summed E-state index contributed by atoms with van der Waals surface area (Å²) in [6, 6.07) is 4.07. The molecule has 0 unspecified atom stereocenters. The Bertz CT molecular complexity index is 604. The normalized spacial score (nSPS) is 9.88. The molecule has 9 heteroatoms. The first-order valence-corrected chi connectivity index (χ1v) is 7.65. The highest BCUT2D eigenvalue weighted by atomic mass is 16.6. The van der Waals surface area contributed by atoms with Gasteiger partial charge in [0.2, 0.25) is 0 Å². The summed E-state index contributed by atoms with van der Waals surface area (Å²) in [6.45, 7) is 3.73. The summed E-state index contributed by atoms with van der Waals surface area (Å²) in [5.41, 5.74) is 0.411. The number of methoxy groups -OCH3 is 1. The molecule has 0 aliphatic heterocycles. The number of urea groups is 1. The van der Waals surface area contributed by atoms with Crippen molar-refractivity contribution in [3.63, 3.8) is 0 Å². The number of carbonyl (C=O) groups is 3. The largest absolute Gasteiger partial charge is 0.490 e. The summed E-state index contributed by atoms with van der Waals surface area (Å²) in [5.74, 6) is -0.442. The molecule has 2 N–H and O–H groups in total. The molecule has 9 nitrogen and oxygen atoms in total. The second-order valence-corrected chi connectivity index (χ2v) is 4.62. The monoisotopic (exact) mass is 354 g/mol. The van der Waals surface area contributed by atoms with Crippen LogP contribution in [0.25, 0.3) is 0 Å². The zero-order valence-corrected chi connectivity index (χ0v) is 14.4. The number of carbonyl (C=O) groups excluding carboxylic acids is 3. The average Bonchev–Trinajstić information content (AvgIpc) is 2.56. The molecule has 0 saturated heterocycles. The molecule has 0 aromatic heterocycles. The van der Waals surface area contributed by atoms with Crippen LogP contribution in [0.1, 0.15) is 13.8 Å². The van der Waals surface area contributed by atoms with Gasteiger partial charge in [-0.05, 0) is 26.0 Å². The van der Waals surface area contributed by atoms with Gasteiger partial charge in [0.1, 0.15) is 6.61 Å². The van der Waals surface area contributed by atoms with Crippen molar-refractivity contribution in [2.45, 2.75) is 13.8 Å². The van der Waals surface area contributed by atoms with Crippen LogP contribution in [0, 0.1) is 0 Å².